The number of carbonyl (C=O) groups excluding carboxylic acids is 1. The van der Waals surface area contributed by atoms with Crippen LogP contribution in [-0.4, -0.2) is 35.7 Å². The Bertz CT molecular complexity index is 1440. The van der Waals surface area contributed by atoms with Crippen molar-refractivity contribution in [3.05, 3.63) is 72.5 Å². The van der Waals surface area contributed by atoms with Crippen LogP contribution in [0.1, 0.15) is 10.6 Å². The van der Waals surface area contributed by atoms with Gasteiger partial charge in [-0.25, -0.2) is 8.42 Å². The van der Waals surface area contributed by atoms with E-state index in [4.69, 9.17) is 18.6 Å². The molecule has 2 N–H and O–H groups in total. The van der Waals surface area contributed by atoms with Crippen LogP contribution in [0, 0.1) is 0 Å². The van der Waals surface area contributed by atoms with Gasteiger partial charge < -0.3 is 23.9 Å². The normalized spacial score (nSPS) is 11.1. The Hall–Kier alpha value is -4.18. The average molecular weight is 483 g/mol. The zero-order valence-corrected chi connectivity index (χ0v) is 19.4. The van der Waals surface area contributed by atoms with Gasteiger partial charge in [0, 0.05) is 17.1 Å². The number of sulfonamides is 1. The zero-order valence-electron chi connectivity index (χ0n) is 18.6. The molecule has 0 fully saturated rings. The van der Waals surface area contributed by atoms with E-state index in [2.05, 4.69) is 10.0 Å². The van der Waals surface area contributed by atoms with Crippen LogP contribution in [0.2, 0.25) is 0 Å². The molecule has 0 saturated heterocycles. The Morgan fingerprint density at radius 2 is 1.59 bits per heavy atom. The highest BCUT2D eigenvalue weighted by atomic mass is 32.2. The molecule has 10 heteroatoms. The summed E-state index contributed by atoms with van der Waals surface area (Å²) in [6, 6.07) is 17.5. The predicted molar refractivity (Wildman–Crippen MR) is 128 cm³/mol. The van der Waals surface area contributed by atoms with Crippen LogP contribution in [-0.2, 0) is 10.0 Å². The standard InChI is InChI=1S/C24H22N2O7S/c1-30-17-9-12-20(31-2)19(14-17)26-34(28,29)18-10-7-16(8-11-18)25-24(27)22-13-15-5-4-6-21(32-3)23(15)33-22/h4-14,26H,1-3H3,(H,25,27). The number of hydrogen-bond acceptors (Lipinski definition) is 7. The van der Waals surface area contributed by atoms with Crippen molar-refractivity contribution < 1.29 is 31.8 Å². The van der Waals surface area contributed by atoms with E-state index >= 15 is 0 Å². The molecule has 1 amide bonds. The summed E-state index contributed by atoms with van der Waals surface area (Å²) >= 11 is 0. The van der Waals surface area contributed by atoms with Gasteiger partial charge in [0.1, 0.15) is 11.5 Å². The first-order valence-electron chi connectivity index (χ1n) is 10.1. The van der Waals surface area contributed by atoms with Crippen LogP contribution >= 0.6 is 0 Å². The third-order valence-electron chi connectivity index (χ3n) is 5.03. The van der Waals surface area contributed by atoms with Gasteiger partial charge in [0.2, 0.25) is 0 Å². The van der Waals surface area contributed by atoms with Gasteiger partial charge in [-0.15, -0.1) is 0 Å². The highest BCUT2D eigenvalue weighted by Crippen LogP contribution is 2.31. The van der Waals surface area contributed by atoms with E-state index in [0.29, 0.717) is 28.5 Å². The van der Waals surface area contributed by atoms with E-state index in [0.717, 1.165) is 5.39 Å². The van der Waals surface area contributed by atoms with Crippen molar-refractivity contribution in [2.75, 3.05) is 31.4 Å². The summed E-state index contributed by atoms with van der Waals surface area (Å²) in [5.41, 5.74) is 1.10. The van der Waals surface area contributed by atoms with E-state index in [9.17, 15) is 13.2 Å². The average Bonchev–Trinajstić information content (AvgIpc) is 3.29. The van der Waals surface area contributed by atoms with Crippen molar-refractivity contribution in [2.45, 2.75) is 4.90 Å². The largest absolute Gasteiger partial charge is 0.497 e. The Labute approximate surface area is 196 Å². The van der Waals surface area contributed by atoms with Gasteiger partial charge in [-0.3, -0.25) is 9.52 Å². The number of amides is 1. The Morgan fingerprint density at radius 1 is 0.853 bits per heavy atom. The second-order valence-corrected chi connectivity index (χ2v) is 8.82. The second kappa shape index (κ2) is 9.36. The fourth-order valence-corrected chi connectivity index (χ4v) is 4.38. The molecular formula is C24H22N2O7S. The Kier molecular flexibility index (Phi) is 6.33. The van der Waals surface area contributed by atoms with Gasteiger partial charge in [-0.1, -0.05) is 12.1 Å². The molecule has 0 radical (unpaired) electrons. The number of methoxy groups -OCH3 is 3. The number of ether oxygens (including phenoxy) is 3. The monoisotopic (exact) mass is 482 g/mol. The maximum Gasteiger partial charge on any atom is 0.291 e. The lowest BCUT2D eigenvalue weighted by Crippen LogP contribution is -2.14. The summed E-state index contributed by atoms with van der Waals surface area (Å²) in [5.74, 6) is 0.956. The van der Waals surface area contributed by atoms with E-state index in [1.54, 1.807) is 30.3 Å². The van der Waals surface area contributed by atoms with Crippen molar-refractivity contribution in [2.24, 2.45) is 0 Å². The summed E-state index contributed by atoms with van der Waals surface area (Å²) in [5, 5.41) is 3.42. The fraction of sp³-hybridized carbons (Fsp3) is 0.125. The molecule has 0 atom stereocenters. The van der Waals surface area contributed by atoms with Crippen LogP contribution < -0.4 is 24.2 Å². The van der Waals surface area contributed by atoms with Crippen LogP contribution in [0.4, 0.5) is 11.4 Å². The van der Waals surface area contributed by atoms with E-state index in [-0.39, 0.29) is 16.3 Å². The lowest BCUT2D eigenvalue weighted by atomic mass is 10.2. The molecule has 3 aromatic carbocycles. The number of nitrogens with one attached hydrogen (secondary N) is 2. The molecule has 1 heterocycles. The first-order valence-corrected chi connectivity index (χ1v) is 11.6. The van der Waals surface area contributed by atoms with Crippen molar-refractivity contribution in [3.63, 3.8) is 0 Å². The lowest BCUT2D eigenvalue weighted by Gasteiger charge is -2.13. The lowest BCUT2D eigenvalue weighted by molar-refractivity contribution is 0.0998. The first kappa shape index (κ1) is 23.0. The number of benzene rings is 3. The van der Waals surface area contributed by atoms with Gasteiger partial charge in [-0.05, 0) is 48.5 Å². The van der Waals surface area contributed by atoms with Crippen molar-refractivity contribution in [1.29, 1.82) is 0 Å². The number of hydrogen-bond donors (Lipinski definition) is 2. The minimum absolute atomic E-state index is 0.00356. The first-order chi connectivity index (χ1) is 16.3. The van der Waals surface area contributed by atoms with Gasteiger partial charge in [0.05, 0.1) is 31.9 Å². The maximum atomic E-state index is 12.9. The van der Waals surface area contributed by atoms with Crippen molar-refractivity contribution >= 4 is 38.3 Å². The maximum absolute atomic E-state index is 12.9. The number of anilines is 2. The summed E-state index contributed by atoms with van der Waals surface area (Å²) in [6.07, 6.45) is 0. The molecule has 0 unspecified atom stereocenters. The fourth-order valence-electron chi connectivity index (χ4n) is 3.32. The third kappa shape index (κ3) is 4.62. The highest BCUT2D eigenvalue weighted by molar-refractivity contribution is 7.92. The highest BCUT2D eigenvalue weighted by Gasteiger charge is 2.19. The van der Waals surface area contributed by atoms with E-state index in [1.165, 1.54) is 51.7 Å². The molecule has 34 heavy (non-hydrogen) atoms. The Morgan fingerprint density at radius 3 is 2.26 bits per heavy atom. The summed E-state index contributed by atoms with van der Waals surface area (Å²) < 4.78 is 49.5. The predicted octanol–water partition coefficient (Wildman–Crippen LogP) is 4.51. The number of rotatable bonds is 8. The number of fused-ring (bicyclic) bond motifs is 1. The van der Waals surface area contributed by atoms with Crippen molar-refractivity contribution in [1.82, 2.24) is 0 Å². The minimum Gasteiger partial charge on any atom is -0.497 e. The van der Waals surface area contributed by atoms with Crippen LogP contribution in [0.15, 0.2) is 76.0 Å². The topological polar surface area (TPSA) is 116 Å². The summed E-state index contributed by atoms with van der Waals surface area (Å²) in [6.45, 7) is 0. The van der Waals surface area contributed by atoms with Crippen LogP contribution in [0.25, 0.3) is 11.0 Å². The molecule has 0 saturated carbocycles. The summed E-state index contributed by atoms with van der Waals surface area (Å²) in [4.78, 5) is 12.6. The van der Waals surface area contributed by atoms with Crippen LogP contribution in [0.3, 0.4) is 0 Å². The molecule has 0 aliphatic rings. The SMILES string of the molecule is COc1ccc(OC)c(NS(=O)(=O)c2ccc(NC(=O)c3cc4cccc(OC)c4o3)cc2)c1. The molecule has 0 spiro atoms. The third-order valence-corrected chi connectivity index (χ3v) is 6.41. The molecule has 0 bridgehead atoms. The smallest absolute Gasteiger partial charge is 0.291 e. The van der Waals surface area contributed by atoms with Gasteiger partial charge in [0.25, 0.3) is 15.9 Å². The second-order valence-electron chi connectivity index (χ2n) is 7.14. The number of carbonyl (C=O) groups is 1. The molecular weight excluding hydrogens is 460 g/mol. The van der Waals surface area contributed by atoms with E-state index in [1.807, 2.05) is 6.07 Å². The summed E-state index contributed by atoms with van der Waals surface area (Å²) in [7, 11) is 0.516. The molecule has 4 aromatic rings. The molecule has 4 rings (SSSR count). The number of para-hydroxylation sites is 1. The van der Waals surface area contributed by atoms with Gasteiger partial charge in [-0.2, -0.15) is 0 Å². The molecule has 0 aliphatic carbocycles. The van der Waals surface area contributed by atoms with E-state index < -0.39 is 15.9 Å². The number of furan rings is 1. The molecule has 176 valence electrons. The van der Waals surface area contributed by atoms with Gasteiger partial charge in [0.15, 0.2) is 17.1 Å². The molecule has 0 aliphatic heterocycles. The van der Waals surface area contributed by atoms with Crippen molar-refractivity contribution in [3.8, 4) is 17.2 Å². The zero-order chi connectivity index (χ0) is 24.3. The minimum atomic E-state index is -3.92. The molecule has 1 aromatic heterocycles. The van der Waals surface area contributed by atoms with Crippen LogP contribution in [0.5, 0.6) is 17.2 Å². The van der Waals surface area contributed by atoms with Gasteiger partial charge >= 0.3 is 0 Å². The molecule has 9 nitrogen and oxygen atoms in total. The Balaban J connectivity index is 1.51. The quantitative estimate of drug-likeness (QED) is 0.379.